The van der Waals surface area contributed by atoms with Crippen LogP contribution in [-0.2, 0) is 0 Å². The van der Waals surface area contributed by atoms with Crippen LogP contribution in [0.3, 0.4) is 0 Å². The molecule has 0 saturated heterocycles. The predicted octanol–water partition coefficient (Wildman–Crippen LogP) is 2.83. The minimum absolute atomic E-state index is 0.0981. The lowest BCUT2D eigenvalue weighted by Gasteiger charge is -2.15. The number of anilines is 1. The number of ether oxygens (including phenoxy) is 2. The fraction of sp³-hybridized carbons (Fsp3) is 0.429. The average molecular weight is 278 g/mol. The molecule has 6 nitrogen and oxygen atoms in total. The first-order valence-electron chi connectivity index (χ1n) is 6.20. The molecule has 0 aliphatic heterocycles. The molecular formula is C14H18N2O4. The molecule has 0 radical (unpaired) electrons. The highest BCUT2D eigenvalue weighted by atomic mass is 16.6. The van der Waals surface area contributed by atoms with Crippen LogP contribution in [0.4, 0.5) is 11.4 Å². The molecule has 108 valence electrons. The third-order valence-electron chi connectivity index (χ3n) is 2.81. The molecule has 0 amide bonds. The number of terminal acetylenes is 1. The van der Waals surface area contributed by atoms with Gasteiger partial charge in [-0.05, 0) is 6.42 Å². The van der Waals surface area contributed by atoms with Crippen molar-refractivity contribution in [1.29, 1.82) is 0 Å². The first-order chi connectivity index (χ1) is 9.57. The zero-order valence-electron chi connectivity index (χ0n) is 11.8. The summed E-state index contributed by atoms with van der Waals surface area (Å²) in [7, 11) is 2.90. The van der Waals surface area contributed by atoms with Gasteiger partial charge in [0.05, 0.1) is 31.3 Å². The van der Waals surface area contributed by atoms with Gasteiger partial charge in [-0.15, -0.1) is 6.42 Å². The summed E-state index contributed by atoms with van der Waals surface area (Å²) >= 11 is 0. The Kier molecular flexibility index (Phi) is 5.66. The summed E-state index contributed by atoms with van der Waals surface area (Å²) in [6.45, 7) is 2.00. The van der Waals surface area contributed by atoms with Crippen LogP contribution in [0.25, 0.3) is 0 Å². The van der Waals surface area contributed by atoms with E-state index in [4.69, 9.17) is 15.9 Å². The van der Waals surface area contributed by atoms with E-state index in [0.717, 1.165) is 12.8 Å². The first-order valence-corrected chi connectivity index (χ1v) is 6.20. The molecule has 0 heterocycles. The molecule has 0 saturated carbocycles. The van der Waals surface area contributed by atoms with Crippen molar-refractivity contribution in [2.24, 2.45) is 0 Å². The van der Waals surface area contributed by atoms with E-state index in [1.54, 1.807) is 0 Å². The number of methoxy groups -OCH3 is 2. The maximum atomic E-state index is 11.1. The number of hydrogen-bond acceptors (Lipinski definition) is 5. The Labute approximate surface area is 118 Å². The molecular weight excluding hydrogens is 260 g/mol. The Hall–Kier alpha value is -2.42. The third kappa shape index (κ3) is 3.54. The Bertz CT molecular complexity index is 523. The molecule has 0 spiro atoms. The normalized spacial score (nSPS) is 11.3. The van der Waals surface area contributed by atoms with Gasteiger partial charge in [0.25, 0.3) is 5.69 Å². The fourth-order valence-corrected chi connectivity index (χ4v) is 1.81. The summed E-state index contributed by atoms with van der Waals surface area (Å²) in [5.41, 5.74) is 0.225. The van der Waals surface area contributed by atoms with Gasteiger partial charge >= 0.3 is 0 Å². The summed E-state index contributed by atoms with van der Waals surface area (Å²) in [6.07, 6.45) is 7.02. The fourth-order valence-electron chi connectivity index (χ4n) is 1.81. The number of nitrogens with zero attached hydrogens (tertiary/aromatic N) is 1. The molecule has 1 atom stereocenters. The SMILES string of the molecule is C#CC(CCC)Nc1cc(OC)c(OC)cc1[N+](=O)[O-]. The Morgan fingerprint density at radius 1 is 1.40 bits per heavy atom. The predicted molar refractivity (Wildman–Crippen MR) is 77.4 cm³/mol. The van der Waals surface area contributed by atoms with Gasteiger partial charge in [0.15, 0.2) is 11.5 Å². The highest BCUT2D eigenvalue weighted by Crippen LogP contribution is 2.37. The van der Waals surface area contributed by atoms with Crippen molar-refractivity contribution in [1.82, 2.24) is 0 Å². The number of nitrogens with one attached hydrogen (secondary N) is 1. The molecule has 1 aromatic carbocycles. The van der Waals surface area contributed by atoms with Crippen LogP contribution in [0.2, 0.25) is 0 Å². The minimum atomic E-state index is -0.482. The zero-order chi connectivity index (χ0) is 15.1. The van der Waals surface area contributed by atoms with Gasteiger partial charge in [0, 0.05) is 6.07 Å². The van der Waals surface area contributed by atoms with Crippen molar-refractivity contribution in [2.45, 2.75) is 25.8 Å². The molecule has 1 aromatic rings. The lowest BCUT2D eigenvalue weighted by molar-refractivity contribution is -0.384. The monoisotopic (exact) mass is 278 g/mol. The topological polar surface area (TPSA) is 73.6 Å². The molecule has 6 heteroatoms. The summed E-state index contributed by atoms with van der Waals surface area (Å²) < 4.78 is 10.2. The molecule has 1 N–H and O–H groups in total. The van der Waals surface area contributed by atoms with Gasteiger partial charge in [-0.1, -0.05) is 19.3 Å². The summed E-state index contributed by atoms with van der Waals surface area (Å²) in [5, 5.41) is 14.1. The standard InChI is InChI=1S/C14H18N2O4/c1-5-7-10(6-2)15-11-8-13(19-3)14(20-4)9-12(11)16(17)18/h2,8-10,15H,5,7H2,1,3-4H3. The number of rotatable bonds is 7. The largest absolute Gasteiger partial charge is 0.493 e. The van der Waals surface area contributed by atoms with Crippen LogP contribution in [-0.4, -0.2) is 25.2 Å². The van der Waals surface area contributed by atoms with Crippen LogP contribution in [0.1, 0.15) is 19.8 Å². The van der Waals surface area contributed by atoms with E-state index in [0.29, 0.717) is 17.2 Å². The Morgan fingerprint density at radius 2 is 2.00 bits per heavy atom. The summed E-state index contributed by atoms with van der Waals surface area (Å²) in [6, 6.07) is 2.58. The Balaban J connectivity index is 3.22. The van der Waals surface area contributed by atoms with E-state index in [9.17, 15) is 10.1 Å². The van der Waals surface area contributed by atoms with Gasteiger partial charge in [0.1, 0.15) is 5.69 Å². The second-order valence-corrected chi connectivity index (χ2v) is 4.13. The van der Waals surface area contributed by atoms with E-state index in [1.807, 2.05) is 6.92 Å². The maximum absolute atomic E-state index is 11.1. The van der Waals surface area contributed by atoms with Gasteiger partial charge in [0.2, 0.25) is 0 Å². The van der Waals surface area contributed by atoms with Crippen molar-refractivity contribution in [3.05, 3.63) is 22.2 Å². The van der Waals surface area contributed by atoms with E-state index in [-0.39, 0.29) is 11.7 Å². The van der Waals surface area contributed by atoms with Gasteiger partial charge in [-0.3, -0.25) is 10.1 Å². The molecule has 0 fully saturated rings. The molecule has 1 rings (SSSR count). The quantitative estimate of drug-likeness (QED) is 0.471. The smallest absolute Gasteiger partial charge is 0.296 e. The van der Waals surface area contributed by atoms with Crippen LogP contribution >= 0.6 is 0 Å². The van der Waals surface area contributed by atoms with E-state index in [1.165, 1.54) is 26.4 Å². The minimum Gasteiger partial charge on any atom is -0.493 e. The van der Waals surface area contributed by atoms with Crippen molar-refractivity contribution in [3.63, 3.8) is 0 Å². The Morgan fingerprint density at radius 3 is 2.45 bits per heavy atom. The lowest BCUT2D eigenvalue weighted by Crippen LogP contribution is -2.17. The molecule has 0 aliphatic carbocycles. The molecule has 0 aliphatic rings. The zero-order valence-corrected chi connectivity index (χ0v) is 11.8. The van der Waals surface area contributed by atoms with Gasteiger partial charge in [-0.2, -0.15) is 0 Å². The number of hydrogen-bond donors (Lipinski definition) is 1. The van der Waals surface area contributed by atoms with Crippen molar-refractivity contribution in [3.8, 4) is 23.8 Å². The van der Waals surface area contributed by atoms with E-state index in [2.05, 4.69) is 11.2 Å². The molecule has 0 aromatic heterocycles. The first kappa shape index (κ1) is 15.6. The van der Waals surface area contributed by atoms with Gasteiger partial charge < -0.3 is 14.8 Å². The molecule has 0 bridgehead atoms. The van der Waals surface area contributed by atoms with Crippen molar-refractivity contribution < 1.29 is 14.4 Å². The van der Waals surface area contributed by atoms with Crippen molar-refractivity contribution in [2.75, 3.05) is 19.5 Å². The van der Waals surface area contributed by atoms with Crippen LogP contribution in [0.5, 0.6) is 11.5 Å². The van der Waals surface area contributed by atoms with Crippen LogP contribution in [0, 0.1) is 22.5 Å². The maximum Gasteiger partial charge on any atom is 0.296 e. The number of nitro groups is 1. The second-order valence-electron chi connectivity index (χ2n) is 4.13. The number of benzene rings is 1. The molecule has 20 heavy (non-hydrogen) atoms. The number of nitro benzene ring substituents is 1. The molecule has 1 unspecified atom stereocenters. The second kappa shape index (κ2) is 7.24. The highest BCUT2D eigenvalue weighted by Gasteiger charge is 2.21. The highest BCUT2D eigenvalue weighted by molar-refractivity contribution is 5.69. The summed E-state index contributed by atoms with van der Waals surface area (Å²) in [5.74, 6) is 3.29. The summed E-state index contributed by atoms with van der Waals surface area (Å²) in [4.78, 5) is 10.7. The van der Waals surface area contributed by atoms with E-state index < -0.39 is 4.92 Å². The van der Waals surface area contributed by atoms with Crippen molar-refractivity contribution >= 4 is 11.4 Å². The van der Waals surface area contributed by atoms with Gasteiger partial charge in [-0.25, -0.2) is 0 Å². The van der Waals surface area contributed by atoms with Crippen LogP contribution < -0.4 is 14.8 Å². The lowest BCUT2D eigenvalue weighted by atomic mass is 10.1. The van der Waals surface area contributed by atoms with E-state index >= 15 is 0 Å². The third-order valence-corrected chi connectivity index (χ3v) is 2.81. The average Bonchev–Trinajstić information content (AvgIpc) is 2.45. The van der Waals surface area contributed by atoms with Crippen LogP contribution in [0.15, 0.2) is 12.1 Å².